The summed E-state index contributed by atoms with van der Waals surface area (Å²) in [5, 5.41) is 2.82. The van der Waals surface area contributed by atoms with Crippen molar-refractivity contribution < 1.29 is 9.53 Å². The SMILES string of the molecule is Cc1ccc(OCC(=O)Nc2cccc(-c3ncc[nH]3)c2)cc1. The van der Waals surface area contributed by atoms with Crippen LogP contribution in [0.2, 0.25) is 0 Å². The lowest BCUT2D eigenvalue weighted by Gasteiger charge is -2.08. The van der Waals surface area contributed by atoms with Gasteiger partial charge in [0, 0.05) is 23.6 Å². The maximum absolute atomic E-state index is 12.0. The average Bonchev–Trinajstić information content (AvgIpc) is 3.09. The van der Waals surface area contributed by atoms with E-state index in [2.05, 4.69) is 15.3 Å². The molecule has 3 aromatic rings. The van der Waals surface area contributed by atoms with Crippen LogP contribution in [-0.2, 0) is 4.79 Å². The molecule has 2 aromatic carbocycles. The van der Waals surface area contributed by atoms with Gasteiger partial charge < -0.3 is 15.0 Å². The van der Waals surface area contributed by atoms with E-state index in [1.165, 1.54) is 0 Å². The molecule has 2 N–H and O–H groups in total. The Kier molecular flexibility index (Phi) is 4.38. The molecule has 0 saturated carbocycles. The van der Waals surface area contributed by atoms with Crippen molar-refractivity contribution in [2.45, 2.75) is 6.92 Å². The summed E-state index contributed by atoms with van der Waals surface area (Å²) in [5.74, 6) is 1.23. The van der Waals surface area contributed by atoms with Gasteiger partial charge in [0.05, 0.1) is 0 Å². The van der Waals surface area contributed by atoms with Crippen LogP contribution in [0.5, 0.6) is 5.75 Å². The minimum Gasteiger partial charge on any atom is -0.484 e. The molecule has 0 aliphatic heterocycles. The second-order valence-corrected chi connectivity index (χ2v) is 5.17. The number of nitrogens with zero attached hydrogens (tertiary/aromatic N) is 1. The molecule has 116 valence electrons. The number of hydrogen-bond donors (Lipinski definition) is 2. The molecule has 0 spiro atoms. The van der Waals surface area contributed by atoms with Crippen molar-refractivity contribution in [3.63, 3.8) is 0 Å². The number of aromatic amines is 1. The number of aryl methyl sites for hydroxylation is 1. The predicted molar refractivity (Wildman–Crippen MR) is 89.3 cm³/mol. The normalized spacial score (nSPS) is 10.3. The van der Waals surface area contributed by atoms with E-state index in [0.29, 0.717) is 11.4 Å². The molecule has 0 unspecified atom stereocenters. The van der Waals surface area contributed by atoms with Crippen LogP contribution in [-0.4, -0.2) is 22.5 Å². The predicted octanol–water partition coefficient (Wildman–Crippen LogP) is 3.40. The third-order valence-corrected chi connectivity index (χ3v) is 3.31. The maximum atomic E-state index is 12.0. The average molecular weight is 307 g/mol. The van der Waals surface area contributed by atoms with Gasteiger partial charge >= 0.3 is 0 Å². The number of rotatable bonds is 5. The topological polar surface area (TPSA) is 67.0 Å². The summed E-state index contributed by atoms with van der Waals surface area (Å²) in [5.41, 5.74) is 2.76. The smallest absolute Gasteiger partial charge is 0.262 e. The molecule has 5 nitrogen and oxygen atoms in total. The molecule has 5 heteroatoms. The van der Waals surface area contributed by atoms with Gasteiger partial charge in [0.15, 0.2) is 6.61 Å². The zero-order chi connectivity index (χ0) is 16.1. The van der Waals surface area contributed by atoms with E-state index in [-0.39, 0.29) is 12.5 Å². The lowest BCUT2D eigenvalue weighted by Crippen LogP contribution is -2.20. The molecule has 0 bridgehead atoms. The first-order valence-electron chi connectivity index (χ1n) is 7.30. The first-order chi connectivity index (χ1) is 11.2. The largest absolute Gasteiger partial charge is 0.484 e. The van der Waals surface area contributed by atoms with E-state index in [9.17, 15) is 4.79 Å². The van der Waals surface area contributed by atoms with E-state index < -0.39 is 0 Å². The van der Waals surface area contributed by atoms with Crippen molar-refractivity contribution in [3.05, 3.63) is 66.5 Å². The van der Waals surface area contributed by atoms with Crippen molar-refractivity contribution in [2.24, 2.45) is 0 Å². The zero-order valence-electron chi connectivity index (χ0n) is 12.7. The van der Waals surface area contributed by atoms with Crippen LogP contribution in [0.3, 0.4) is 0 Å². The number of carbonyl (C=O) groups excluding carboxylic acids is 1. The number of hydrogen-bond acceptors (Lipinski definition) is 3. The van der Waals surface area contributed by atoms with Crippen LogP contribution in [0.1, 0.15) is 5.56 Å². The number of ether oxygens (including phenoxy) is 1. The molecule has 1 aromatic heterocycles. The summed E-state index contributed by atoms with van der Waals surface area (Å²) in [6, 6.07) is 15.1. The highest BCUT2D eigenvalue weighted by Gasteiger charge is 2.06. The molecule has 23 heavy (non-hydrogen) atoms. The van der Waals surface area contributed by atoms with Gasteiger partial charge in [0.2, 0.25) is 0 Å². The Morgan fingerprint density at radius 3 is 2.78 bits per heavy atom. The third-order valence-electron chi connectivity index (χ3n) is 3.31. The van der Waals surface area contributed by atoms with Crippen LogP contribution in [0.15, 0.2) is 60.9 Å². The second kappa shape index (κ2) is 6.79. The van der Waals surface area contributed by atoms with E-state index in [1.54, 1.807) is 12.4 Å². The van der Waals surface area contributed by atoms with Crippen molar-refractivity contribution in [3.8, 4) is 17.1 Å². The Morgan fingerprint density at radius 1 is 1.22 bits per heavy atom. The Labute approximate surface area is 134 Å². The highest BCUT2D eigenvalue weighted by atomic mass is 16.5. The maximum Gasteiger partial charge on any atom is 0.262 e. The van der Waals surface area contributed by atoms with Gasteiger partial charge in [-0.3, -0.25) is 4.79 Å². The van der Waals surface area contributed by atoms with Gasteiger partial charge in [0.25, 0.3) is 5.91 Å². The molecule has 0 fully saturated rings. The van der Waals surface area contributed by atoms with Crippen LogP contribution in [0, 0.1) is 6.92 Å². The van der Waals surface area contributed by atoms with E-state index >= 15 is 0 Å². The summed E-state index contributed by atoms with van der Waals surface area (Å²) < 4.78 is 5.47. The Hall–Kier alpha value is -3.08. The monoisotopic (exact) mass is 307 g/mol. The molecule has 1 heterocycles. The number of amides is 1. The lowest BCUT2D eigenvalue weighted by atomic mass is 10.2. The molecule has 0 aliphatic rings. The highest BCUT2D eigenvalue weighted by Crippen LogP contribution is 2.19. The fourth-order valence-electron chi connectivity index (χ4n) is 2.15. The van der Waals surface area contributed by atoms with E-state index in [1.807, 2.05) is 55.5 Å². The third kappa shape index (κ3) is 3.97. The molecule has 1 amide bonds. The zero-order valence-corrected chi connectivity index (χ0v) is 12.7. The molecular formula is C18H17N3O2. The Morgan fingerprint density at radius 2 is 2.04 bits per heavy atom. The van der Waals surface area contributed by atoms with Gasteiger partial charge in [-0.25, -0.2) is 4.98 Å². The van der Waals surface area contributed by atoms with E-state index in [0.717, 1.165) is 17.0 Å². The first-order valence-corrected chi connectivity index (χ1v) is 7.30. The van der Waals surface area contributed by atoms with Crippen LogP contribution < -0.4 is 10.1 Å². The number of nitrogens with one attached hydrogen (secondary N) is 2. The summed E-state index contributed by atoms with van der Waals surface area (Å²) in [6.45, 7) is 1.97. The fraction of sp³-hybridized carbons (Fsp3) is 0.111. The molecule has 3 rings (SSSR count). The minimum absolute atomic E-state index is 0.0337. The van der Waals surface area contributed by atoms with Crippen molar-refractivity contribution in [1.29, 1.82) is 0 Å². The van der Waals surface area contributed by atoms with Crippen LogP contribution >= 0.6 is 0 Å². The van der Waals surface area contributed by atoms with Crippen molar-refractivity contribution in [2.75, 3.05) is 11.9 Å². The second-order valence-electron chi connectivity index (χ2n) is 5.17. The standard InChI is InChI=1S/C18H17N3O2/c1-13-5-7-16(8-6-13)23-12-17(22)21-15-4-2-3-14(11-15)18-19-9-10-20-18/h2-11H,12H2,1H3,(H,19,20)(H,21,22). The van der Waals surface area contributed by atoms with E-state index in [4.69, 9.17) is 4.74 Å². The van der Waals surface area contributed by atoms with Gasteiger partial charge in [-0.1, -0.05) is 29.8 Å². The first kappa shape index (κ1) is 14.8. The number of H-pyrrole nitrogens is 1. The summed E-state index contributed by atoms with van der Waals surface area (Å²) in [6.07, 6.45) is 3.45. The van der Waals surface area contributed by atoms with Gasteiger partial charge in [-0.05, 0) is 31.2 Å². The van der Waals surface area contributed by atoms with Gasteiger partial charge in [-0.2, -0.15) is 0 Å². The molecule has 0 atom stereocenters. The summed E-state index contributed by atoms with van der Waals surface area (Å²) in [4.78, 5) is 19.2. The molecular weight excluding hydrogens is 290 g/mol. The number of anilines is 1. The molecule has 0 aliphatic carbocycles. The van der Waals surface area contributed by atoms with Gasteiger partial charge in [-0.15, -0.1) is 0 Å². The van der Waals surface area contributed by atoms with Crippen molar-refractivity contribution in [1.82, 2.24) is 9.97 Å². The highest BCUT2D eigenvalue weighted by molar-refractivity contribution is 5.92. The summed E-state index contributed by atoms with van der Waals surface area (Å²) >= 11 is 0. The van der Waals surface area contributed by atoms with Crippen molar-refractivity contribution >= 4 is 11.6 Å². The fourth-order valence-corrected chi connectivity index (χ4v) is 2.15. The number of carbonyl (C=O) groups is 1. The number of benzene rings is 2. The molecule has 0 radical (unpaired) electrons. The summed E-state index contributed by atoms with van der Waals surface area (Å²) in [7, 11) is 0. The number of aromatic nitrogens is 2. The van der Waals surface area contributed by atoms with Crippen LogP contribution in [0.4, 0.5) is 5.69 Å². The Bertz CT molecular complexity index is 780. The van der Waals surface area contributed by atoms with Gasteiger partial charge in [0.1, 0.15) is 11.6 Å². The van der Waals surface area contributed by atoms with Crippen LogP contribution in [0.25, 0.3) is 11.4 Å². The molecule has 0 saturated heterocycles. The number of imidazole rings is 1. The quantitative estimate of drug-likeness (QED) is 0.759. The minimum atomic E-state index is -0.206. The lowest BCUT2D eigenvalue weighted by molar-refractivity contribution is -0.118. The Balaban J connectivity index is 1.59.